The van der Waals surface area contributed by atoms with Crippen LogP contribution in [0.4, 0.5) is 5.69 Å². The highest BCUT2D eigenvalue weighted by atomic mass is 35.5. The number of ether oxygens (including phenoxy) is 1. The Morgan fingerprint density at radius 2 is 2.28 bits per heavy atom. The standard InChI is InChI=1S/C13H13ClN2O2/c1-2-18-12(17)8-16-11-6-5-10(14)9-4-3-7-15-13(9)11/h3-7,16H,2,8H2,1H3. The van der Waals surface area contributed by atoms with Gasteiger partial charge in [-0.3, -0.25) is 9.78 Å². The SMILES string of the molecule is CCOC(=O)CNc1ccc(Cl)c2cccnc12. The molecule has 0 spiro atoms. The van der Waals surface area contributed by atoms with Crippen LogP contribution in [0.3, 0.4) is 0 Å². The number of pyridine rings is 1. The summed E-state index contributed by atoms with van der Waals surface area (Å²) in [6.45, 7) is 2.26. The van der Waals surface area contributed by atoms with Crippen molar-refractivity contribution in [3.05, 3.63) is 35.5 Å². The molecule has 2 rings (SSSR count). The third-order valence-electron chi connectivity index (χ3n) is 2.44. The number of benzene rings is 1. The van der Waals surface area contributed by atoms with Crippen molar-refractivity contribution in [2.45, 2.75) is 6.92 Å². The van der Waals surface area contributed by atoms with Crippen molar-refractivity contribution in [1.29, 1.82) is 0 Å². The maximum absolute atomic E-state index is 11.3. The van der Waals surface area contributed by atoms with E-state index in [0.29, 0.717) is 11.6 Å². The van der Waals surface area contributed by atoms with Gasteiger partial charge >= 0.3 is 5.97 Å². The largest absolute Gasteiger partial charge is 0.465 e. The lowest BCUT2D eigenvalue weighted by Crippen LogP contribution is -2.16. The highest BCUT2D eigenvalue weighted by Crippen LogP contribution is 2.27. The average molecular weight is 265 g/mol. The number of carbonyl (C=O) groups excluding carboxylic acids is 1. The normalized spacial score (nSPS) is 10.3. The third-order valence-corrected chi connectivity index (χ3v) is 2.77. The van der Waals surface area contributed by atoms with Gasteiger partial charge in [-0.2, -0.15) is 0 Å². The fraction of sp³-hybridized carbons (Fsp3) is 0.231. The Balaban J connectivity index is 2.24. The third kappa shape index (κ3) is 2.71. The molecule has 1 N–H and O–H groups in total. The minimum atomic E-state index is -0.295. The Kier molecular flexibility index (Phi) is 3.99. The molecule has 0 saturated heterocycles. The van der Waals surface area contributed by atoms with E-state index in [0.717, 1.165) is 16.6 Å². The summed E-state index contributed by atoms with van der Waals surface area (Å²) in [6, 6.07) is 7.29. The van der Waals surface area contributed by atoms with Crippen LogP contribution in [-0.4, -0.2) is 24.1 Å². The van der Waals surface area contributed by atoms with E-state index in [1.165, 1.54) is 0 Å². The first-order valence-electron chi connectivity index (χ1n) is 5.65. The highest BCUT2D eigenvalue weighted by molar-refractivity contribution is 6.35. The van der Waals surface area contributed by atoms with E-state index in [9.17, 15) is 4.79 Å². The van der Waals surface area contributed by atoms with Crippen LogP contribution in [0.15, 0.2) is 30.5 Å². The number of halogens is 1. The molecule has 1 aromatic heterocycles. The van der Waals surface area contributed by atoms with E-state index in [-0.39, 0.29) is 12.5 Å². The predicted octanol–water partition coefficient (Wildman–Crippen LogP) is 2.86. The van der Waals surface area contributed by atoms with E-state index < -0.39 is 0 Å². The molecular formula is C13H13ClN2O2. The molecule has 0 amide bonds. The van der Waals surface area contributed by atoms with E-state index in [1.807, 2.05) is 12.1 Å². The minimum Gasteiger partial charge on any atom is -0.465 e. The molecule has 4 nitrogen and oxygen atoms in total. The lowest BCUT2D eigenvalue weighted by molar-refractivity contribution is -0.140. The molecule has 94 valence electrons. The van der Waals surface area contributed by atoms with Gasteiger partial charge in [-0.1, -0.05) is 11.6 Å². The van der Waals surface area contributed by atoms with Crippen molar-refractivity contribution in [1.82, 2.24) is 4.98 Å². The highest BCUT2D eigenvalue weighted by Gasteiger charge is 2.07. The van der Waals surface area contributed by atoms with E-state index >= 15 is 0 Å². The van der Waals surface area contributed by atoms with Crippen molar-refractivity contribution in [2.75, 3.05) is 18.5 Å². The first-order valence-corrected chi connectivity index (χ1v) is 6.03. The summed E-state index contributed by atoms with van der Waals surface area (Å²) in [5.41, 5.74) is 1.51. The van der Waals surface area contributed by atoms with Gasteiger partial charge in [-0.15, -0.1) is 0 Å². The van der Waals surface area contributed by atoms with Gasteiger partial charge in [0.2, 0.25) is 0 Å². The average Bonchev–Trinajstić information content (AvgIpc) is 2.39. The van der Waals surface area contributed by atoms with Crippen molar-refractivity contribution in [3.63, 3.8) is 0 Å². The van der Waals surface area contributed by atoms with Gasteiger partial charge in [-0.05, 0) is 31.2 Å². The fourth-order valence-corrected chi connectivity index (χ4v) is 1.88. The number of carbonyl (C=O) groups is 1. The van der Waals surface area contributed by atoms with Crippen LogP contribution in [0.25, 0.3) is 10.9 Å². The first kappa shape index (κ1) is 12.6. The second-order valence-electron chi connectivity index (χ2n) is 3.65. The molecule has 1 heterocycles. The zero-order valence-electron chi connectivity index (χ0n) is 9.94. The summed E-state index contributed by atoms with van der Waals surface area (Å²) in [4.78, 5) is 15.6. The van der Waals surface area contributed by atoms with Crippen molar-refractivity contribution >= 4 is 34.2 Å². The van der Waals surface area contributed by atoms with Crippen molar-refractivity contribution < 1.29 is 9.53 Å². The number of hydrogen-bond acceptors (Lipinski definition) is 4. The van der Waals surface area contributed by atoms with Gasteiger partial charge in [0, 0.05) is 11.6 Å². The lowest BCUT2D eigenvalue weighted by atomic mass is 10.2. The van der Waals surface area contributed by atoms with Crippen LogP contribution in [0.2, 0.25) is 5.02 Å². The molecule has 0 aliphatic heterocycles. The molecule has 0 saturated carbocycles. The summed E-state index contributed by atoms with van der Waals surface area (Å²) in [7, 11) is 0. The Hall–Kier alpha value is -1.81. The predicted molar refractivity (Wildman–Crippen MR) is 71.9 cm³/mol. The summed E-state index contributed by atoms with van der Waals surface area (Å²) >= 11 is 6.08. The number of hydrogen-bond donors (Lipinski definition) is 1. The fourth-order valence-electron chi connectivity index (χ4n) is 1.66. The number of fused-ring (bicyclic) bond motifs is 1. The number of aromatic nitrogens is 1. The van der Waals surface area contributed by atoms with Crippen LogP contribution in [-0.2, 0) is 9.53 Å². The number of nitrogens with one attached hydrogen (secondary N) is 1. The Morgan fingerprint density at radius 3 is 3.06 bits per heavy atom. The molecule has 0 radical (unpaired) electrons. The van der Waals surface area contributed by atoms with E-state index in [2.05, 4.69) is 10.3 Å². The second-order valence-corrected chi connectivity index (χ2v) is 4.06. The van der Waals surface area contributed by atoms with Gasteiger partial charge in [-0.25, -0.2) is 0 Å². The molecule has 18 heavy (non-hydrogen) atoms. The second kappa shape index (κ2) is 5.69. The minimum absolute atomic E-state index is 0.112. The summed E-state index contributed by atoms with van der Waals surface area (Å²) < 4.78 is 4.85. The van der Waals surface area contributed by atoms with Gasteiger partial charge in [0.15, 0.2) is 0 Å². The molecule has 0 atom stereocenters. The lowest BCUT2D eigenvalue weighted by Gasteiger charge is -2.09. The maximum Gasteiger partial charge on any atom is 0.325 e. The maximum atomic E-state index is 11.3. The monoisotopic (exact) mass is 264 g/mol. The summed E-state index contributed by atoms with van der Waals surface area (Å²) in [5.74, 6) is -0.295. The Bertz CT molecular complexity index is 572. The Morgan fingerprint density at radius 1 is 1.44 bits per heavy atom. The van der Waals surface area contributed by atoms with Crippen molar-refractivity contribution in [2.24, 2.45) is 0 Å². The van der Waals surface area contributed by atoms with Crippen LogP contribution >= 0.6 is 11.6 Å². The molecule has 0 aliphatic carbocycles. The summed E-state index contributed by atoms with van der Waals surface area (Å²) in [5, 5.41) is 4.50. The zero-order valence-corrected chi connectivity index (χ0v) is 10.7. The van der Waals surface area contributed by atoms with Crippen LogP contribution in [0.5, 0.6) is 0 Å². The van der Waals surface area contributed by atoms with Crippen LogP contribution in [0, 0.1) is 0 Å². The molecule has 0 unspecified atom stereocenters. The number of anilines is 1. The van der Waals surface area contributed by atoms with Gasteiger partial charge in [0.1, 0.15) is 6.54 Å². The van der Waals surface area contributed by atoms with Gasteiger partial charge < -0.3 is 10.1 Å². The summed E-state index contributed by atoms with van der Waals surface area (Å²) in [6.07, 6.45) is 1.69. The number of esters is 1. The smallest absolute Gasteiger partial charge is 0.325 e. The quantitative estimate of drug-likeness (QED) is 0.863. The van der Waals surface area contributed by atoms with Crippen molar-refractivity contribution in [3.8, 4) is 0 Å². The molecular weight excluding hydrogens is 252 g/mol. The molecule has 0 fully saturated rings. The first-order chi connectivity index (χ1) is 8.72. The molecule has 2 aromatic rings. The Labute approximate surface area is 110 Å². The van der Waals surface area contributed by atoms with E-state index in [4.69, 9.17) is 16.3 Å². The molecule has 5 heteroatoms. The van der Waals surface area contributed by atoms with Gasteiger partial charge in [0.25, 0.3) is 0 Å². The zero-order chi connectivity index (χ0) is 13.0. The number of rotatable bonds is 4. The topological polar surface area (TPSA) is 51.2 Å². The van der Waals surface area contributed by atoms with Crippen LogP contribution in [0.1, 0.15) is 6.92 Å². The van der Waals surface area contributed by atoms with Crippen LogP contribution < -0.4 is 5.32 Å². The van der Waals surface area contributed by atoms with Gasteiger partial charge in [0.05, 0.1) is 22.8 Å². The molecule has 0 bridgehead atoms. The number of nitrogens with zero attached hydrogens (tertiary/aromatic N) is 1. The van der Waals surface area contributed by atoms with E-state index in [1.54, 1.807) is 25.3 Å². The molecule has 1 aromatic carbocycles. The molecule has 0 aliphatic rings.